The molecule has 0 aliphatic rings. The van der Waals surface area contributed by atoms with Crippen molar-refractivity contribution >= 4 is 5.91 Å². The van der Waals surface area contributed by atoms with Gasteiger partial charge in [-0.2, -0.15) is 8.78 Å². The fourth-order valence-electron chi connectivity index (χ4n) is 0.827. The Morgan fingerprint density at radius 3 is 2.21 bits per heavy atom. The van der Waals surface area contributed by atoms with Crippen molar-refractivity contribution in [2.45, 2.75) is 25.4 Å². The molecule has 1 N–H and O–H groups in total. The summed E-state index contributed by atoms with van der Waals surface area (Å²) in [4.78, 5) is 11.1. The Kier molecular flexibility index (Phi) is 4.31. The van der Waals surface area contributed by atoms with Gasteiger partial charge in [-0.3, -0.25) is 4.79 Å². The van der Waals surface area contributed by atoms with E-state index in [4.69, 9.17) is 5.11 Å². The molecule has 0 fully saturated rings. The van der Waals surface area contributed by atoms with Gasteiger partial charge in [-0.1, -0.05) is 0 Å². The van der Waals surface area contributed by atoms with Crippen LogP contribution in [0.4, 0.5) is 17.6 Å². The van der Waals surface area contributed by atoms with Gasteiger partial charge in [-0.25, -0.2) is 8.78 Å². The van der Waals surface area contributed by atoms with Crippen LogP contribution in [-0.4, -0.2) is 48.0 Å². The third-order valence-corrected chi connectivity index (χ3v) is 1.44. The van der Waals surface area contributed by atoms with Crippen LogP contribution in [0.2, 0.25) is 0 Å². The van der Waals surface area contributed by atoms with Crippen molar-refractivity contribution in [3.05, 3.63) is 0 Å². The van der Waals surface area contributed by atoms with Crippen molar-refractivity contribution in [2.24, 2.45) is 0 Å². The van der Waals surface area contributed by atoms with Crippen molar-refractivity contribution in [2.75, 3.05) is 13.6 Å². The van der Waals surface area contributed by atoms with Crippen LogP contribution in [0.3, 0.4) is 0 Å². The third kappa shape index (κ3) is 3.13. The van der Waals surface area contributed by atoms with Crippen LogP contribution in [0.1, 0.15) is 6.92 Å². The Labute approximate surface area is 78.3 Å². The van der Waals surface area contributed by atoms with Crippen LogP contribution in [0.25, 0.3) is 0 Å². The molecule has 0 bridgehead atoms. The molecule has 0 radical (unpaired) electrons. The molecule has 84 valence electrons. The highest BCUT2D eigenvalue weighted by Gasteiger charge is 2.50. The first-order valence-corrected chi connectivity index (χ1v) is 3.79. The molecule has 1 unspecified atom stereocenters. The van der Waals surface area contributed by atoms with Gasteiger partial charge in [0.1, 0.15) is 0 Å². The monoisotopic (exact) mass is 217 g/mol. The number of rotatable bonds is 4. The minimum Gasteiger partial charge on any atom is -0.392 e. The second-order valence-electron chi connectivity index (χ2n) is 2.96. The molecule has 0 aromatic carbocycles. The fraction of sp³-hybridized carbons (Fsp3) is 0.857. The van der Waals surface area contributed by atoms with E-state index < -0.39 is 30.9 Å². The number of amides is 1. The van der Waals surface area contributed by atoms with Crippen LogP contribution < -0.4 is 0 Å². The van der Waals surface area contributed by atoms with E-state index in [1.54, 1.807) is 0 Å². The molecular formula is C7H11F4NO2. The lowest BCUT2D eigenvalue weighted by molar-refractivity contribution is -0.180. The largest absolute Gasteiger partial charge is 0.392 e. The van der Waals surface area contributed by atoms with Gasteiger partial charge in [0.25, 0.3) is 5.91 Å². The summed E-state index contributed by atoms with van der Waals surface area (Å²) in [6.07, 6.45) is -5.08. The van der Waals surface area contributed by atoms with Crippen molar-refractivity contribution < 1.29 is 27.5 Å². The zero-order valence-corrected chi connectivity index (χ0v) is 7.68. The first kappa shape index (κ1) is 13.2. The summed E-state index contributed by atoms with van der Waals surface area (Å²) in [6.45, 7) is 0.839. The lowest BCUT2D eigenvalue weighted by Crippen LogP contribution is -2.47. The first-order valence-electron chi connectivity index (χ1n) is 3.79. The molecular weight excluding hydrogens is 206 g/mol. The topological polar surface area (TPSA) is 40.5 Å². The predicted molar refractivity (Wildman–Crippen MR) is 40.3 cm³/mol. The van der Waals surface area contributed by atoms with Crippen LogP contribution in [0.5, 0.6) is 0 Å². The van der Waals surface area contributed by atoms with E-state index in [1.807, 2.05) is 0 Å². The number of alkyl halides is 4. The molecule has 0 aliphatic heterocycles. The molecule has 0 saturated carbocycles. The second kappa shape index (κ2) is 4.59. The van der Waals surface area contributed by atoms with Crippen molar-refractivity contribution in [3.8, 4) is 0 Å². The molecule has 7 heteroatoms. The summed E-state index contributed by atoms with van der Waals surface area (Å²) in [5.41, 5.74) is 0. The van der Waals surface area contributed by atoms with Crippen molar-refractivity contribution in [3.63, 3.8) is 0 Å². The maximum absolute atomic E-state index is 12.4. The van der Waals surface area contributed by atoms with E-state index in [-0.39, 0.29) is 0 Å². The SMILES string of the molecule is CC(O)CN(C)C(=O)C(F)(F)C(F)F. The van der Waals surface area contributed by atoms with Gasteiger partial charge in [-0.05, 0) is 6.92 Å². The number of hydrogen-bond acceptors (Lipinski definition) is 2. The molecule has 0 spiro atoms. The number of halogens is 4. The summed E-state index contributed by atoms with van der Waals surface area (Å²) in [5.74, 6) is -6.68. The number of hydrogen-bond donors (Lipinski definition) is 1. The van der Waals surface area contributed by atoms with Gasteiger partial charge in [-0.15, -0.1) is 0 Å². The maximum atomic E-state index is 12.4. The minimum absolute atomic E-state index is 0.372. The maximum Gasteiger partial charge on any atom is 0.383 e. The zero-order valence-electron chi connectivity index (χ0n) is 7.68. The number of carbonyl (C=O) groups excluding carboxylic acids is 1. The minimum atomic E-state index is -4.69. The van der Waals surface area contributed by atoms with E-state index in [0.29, 0.717) is 4.90 Å². The van der Waals surface area contributed by atoms with Crippen LogP contribution in [0.15, 0.2) is 0 Å². The first-order chi connectivity index (χ1) is 6.19. The van der Waals surface area contributed by atoms with Gasteiger partial charge in [0, 0.05) is 13.6 Å². The quantitative estimate of drug-likeness (QED) is 0.705. The average molecular weight is 217 g/mol. The van der Waals surface area contributed by atoms with Crippen LogP contribution in [-0.2, 0) is 4.79 Å². The van der Waals surface area contributed by atoms with Crippen LogP contribution >= 0.6 is 0 Å². The Hall–Kier alpha value is -0.850. The molecule has 1 amide bonds. The molecule has 0 heterocycles. The molecule has 0 aromatic heterocycles. The average Bonchev–Trinajstić information content (AvgIpc) is 2.01. The predicted octanol–water partition coefficient (Wildman–Crippen LogP) is 0.726. The lowest BCUT2D eigenvalue weighted by Gasteiger charge is -2.23. The normalized spacial score (nSPS) is 14.3. The smallest absolute Gasteiger partial charge is 0.383 e. The van der Waals surface area contributed by atoms with Gasteiger partial charge < -0.3 is 10.0 Å². The molecule has 0 rings (SSSR count). The second-order valence-corrected chi connectivity index (χ2v) is 2.96. The number of carbonyl (C=O) groups is 1. The Balaban J connectivity index is 4.45. The Morgan fingerprint density at radius 1 is 1.50 bits per heavy atom. The molecule has 14 heavy (non-hydrogen) atoms. The van der Waals surface area contributed by atoms with Crippen molar-refractivity contribution in [1.82, 2.24) is 4.90 Å². The number of likely N-dealkylation sites (N-methyl/N-ethyl adjacent to an activating group) is 1. The van der Waals surface area contributed by atoms with Crippen LogP contribution in [0, 0.1) is 0 Å². The number of aliphatic hydroxyl groups excluding tert-OH is 1. The summed E-state index contributed by atoms with van der Waals surface area (Å²) in [7, 11) is 0.922. The van der Waals surface area contributed by atoms with Gasteiger partial charge in [0.05, 0.1) is 6.10 Å². The summed E-state index contributed by atoms with van der Waals surface area (Å²) in [5, 5.41) is 8.75. The summed E-state index contributed by atoms with van der Waals surface area (Å²) >= 11 is 0. The fourth-order valence-corrected chi connectivity index (χ4v) is 0.827. The molecule has 3 nitrogen and oxygen atoms in total. The van der Waals surface area contributed by atoms with E-state index in [0.717, 1.165) is 7.05 Å². The Morgan fingerprint density at radius 2 is 1.93 bits per heavy atom. The third-order valence-electron chi connectivity index (χ3n) is 1.44. The molecule has 0 saturated heterocycles. The summed E-state index contributed by atoms with van der Waals surface area (Å²) in [6, 6.07) is 0. The van der Waals surface area contributed by atoms with Crippen molar-refractivity contribution in [1.29, 1.82) is 0 Å². The number of aliphatic hydroxyl groups is 1. The van der Waals surface area contributed by atoms with E-state index >= 15 is 0 Å². The van der Waals surface area contributed by atoms with Gasteiger partial charge in [0.2, 0.25) is 0 Å². The molecule has 0 aliphatic carbocycles. The summed E-state index contributed by atoms with van der Waals surface area (Å²) < 4.78 is 48.2. The van der Waals surface area contributed by atoms with E-state index in [2.05, 4.69) is 0 Å². The van der Waals surface area contributed by atoms with E-state index in [9.17, 15) is 22.4 Å². The lowest BCUT2D eigenvalue weighted by atomic mass is 10.3. The molecule has 1 atom stereocenters. The van der Waals surface area contributed by atoms with E-state index in [1.165, 1.54) is 6.92 Å². The zero-order chi connectivity index (χ0) is 11.5. The highest BCUT2D eigenvalue weighted by molar-refractivity contribution is 5.83. The highest BCUT2D eigenvalue weighted by Crippen LogP contribution is 2.24. The number of nitrogens with zero attached hydrogens (tertiary/aromatic N) is 1. The van der Waals surface area contributed by atoms with Gasteiger partial charge >= 0.3 is 12.3 Å². The Bertz CT molecular complexity index is 208. The highest BCUT2D eigenvalue weighted by atomic mass is 19.3. The standard InChI is InChI=1S/C7H11F4NO2/c1-4(13)3-12(2)6(14)7(10,11)5(8)9/h4-5,13H,3H2,1-2H3. The van der Waals surface area contributed by atoms with Gasteiger partial charge in [0.15, 0.2) is 0 Å². The molecule has 0 aromatic rings.